The van der Waals surface area contributed by atoms with Crippen LogP contribution >= 0.6 is 23.8 Å². The van der Waals surface area contributed by atoms with Crippen molar-refractivity contribution in [3.63, 3.8) is 0 Å². The van der Waals surface area contributed by atoms with Crippen LogP contribution in [-0.2, 0) is 16.6 Å². The highest BCUT2D eigenvalue weighted by Gasteiger charge is 2.17. The smallest absolute Gasteiger partial charge is 0.238 e. The average molecular weight is 500 g/mol. The summed E-state index contributed by atoms with van der Waals surface area (Å²) < 4.78 is 24.4. The van der Waals surface area contributed by atoms with Crippen LogP contribution in [0.2, 0.25) is 5.02 Å². The maximum absolute atomic E-state index is 11.4. The third-order valence-corrected chi connectivity index (χ3v) is 6.18. The van der Waals surface area contributed by atoms with Crippen LogP contribution in [0.4, 0.5) is 11.4 Å². The van der Waals surface area contributed by atoms with E-state index in [0.29, 0.717) is 28.2 Å². The summed E-state index contributed by atoms with van der Waals surface area (Å²) in [5.74, 6) is -0.0693. The third-order valence-electron chi connectivity index (χ3n) is 4.83. The fourth-order valence-corrected chi connectivity index (χ4v) is 4.13. The molecule has 0 aliphatic carbocycles. The van der Waals surface area contributed by atoms with Crippen LogP contribution in [0.1, 0.15) is 5.56 Å². The van der Waals surface area contributed by atoms with Crippen molar-refractivity contribution in [2.24, 2.45) is 15.4 Å². The van der Waals surface area contributed by atoms with Gasteiger partial charge in [-0.2, -0.15) is 0 Å². The summed E-state index contributed by atoms with van der Waals surface area (Å²) in [5.41, 5.74) is 2.46. The van der Waals surface area contributed by atoms with Crippen LogP contribution in [0.15, 0.2) is 87.9 Å². The van der Waals surface area contributed by atoms with E-state index < -0.39 is 10.0 Å². The highest BCUT2D eigenvalue weighted by atomic mass is 35.5. The number of azo groups is 1. The normalized spacial score (nSPS) is 11.8. The summed E-state index contributed by atoms with van der Waals surface area (Å²) in [6, 6.07) is 20.6. The highest BCUT2D eigenvalue weighted by Crippen LogP contribution is 2.40. The zero-order valence-electron chi connectivity index (χ0n) is 17.0. The first-order valence-electron chi connectivity index (χ1n) is 9.62. The molecule has 4 N–H and O–H groups in total. The van der Waals surface area contributed by atoms with Gasteiger partial charge in [0.1, 0.15) is 0 Å². The predicted molar refractivity (Wildman–Crippen MR) is 133 cm³/mol. The Hall–Kier alpha value is -3.31. The molecular formula is C22H18ClN5O3S2. The number of thiocarbonyl (C=S) groups is 1. The Labute approximate surface area is 200 Å². The van der Waals surface area contributed by atoms with E-state index in [2.05, 4.69) is 15.5 Å². The Morgan fingerprint density at radius 2 is 1.79 bits per heavy atom. The lowest BCUT2D eigenvalue weighted by atomic mass is 10.2. The molecule has 4 rings (SSSR count). The summed E-state index contributed by atoms with van der Waals surface area (Å²) in [7, 11) is -3.79. The number of benzene rings is 3. The molecule has 0 radical (unpaired) electrons. The molecule has 33 heavy (non-hydrogen) atoms. The van der Waals surface area contributed by atoms with Gasteiger partial charge in [-0.3, -0.25) is 0 Å². The van der Waals surface area contributed by atoms with Gasteiger partial charge in [0.2, 0.25) is 21.0 Å². The van der Waals surface area contributed by atoms with Crippen molar-refractivity contribution >= 4 is 61.2 Å². The average Bonchev–Trinajstić information content (AvgIpc) is 3.03. The monoisotopic (exact) mass is 499 g/mol. The van der Waals surface area contributed by atoms with E-state index in [-0.39, 0.29) is 21.6 Å². The quantitative estimate of drug-likeness (QED) is 0.258. The number of anilines is 1. The number of primary sulfonamides is 1. The van der Waals surface area contributed by atoms with Gasteiger partial charge in [0.25, 0.3) is 0 Å². The third kappa shape index (κ3) is 5.20. The van der Waals surface area contributed by atoms with E-state index in [4.69, 9.17) is 29.0 Å². The first-order chi connectivity index (χ1) is 15.7. The minimum Gasteiger partial charge on any atom is -0.493 e. The van der Waals surface area contributed by atoms with E-state index in [9.17, 15) is 13.5 Å². The number of sulfonamides is 1. The number of nitrogens with one attached hydrogen (secondary N) is 1. The van der Waals surface area contributed by atoms with Crippen molar-refractivity contribution in [3.05, 3.63) is 83.4 Å². The predicted octanol–water partition coefficient (Wildman–Crippen LogP) is 5.18. The molecule has 0 amide bonds. The van der Waals surface area contributed by atoms with Crippen molar-refractivity contribution in [1.29, 1.82) is 0 Å². The largest absolute Gasteiger partial charge is 0.493 e. The van der Waals surface area contributed by atoms with Crippen LogP contribution in [0.25, 0.3) is 10.9 Å². The Morgan fingerprint density at radius 1 is 1.09 bits per heavy atom. The molecular weight excluding hydrogens is 482 g/mol. The van der Waals surface area contributed by atoms with Crippen molar-refractivity contribution in [2.75, 3.05) is 5.32 Å². The molecule has 0 saturated carbocycles. The molecule has 1 heterocycles. The van der Waals surface area contributed by atoms with E-state index in [1.54, 1.807) is 22.8 Å². The molecule has 0 spiro atoms. The minimum atomic E-state index is -3.79. The number of aromatic hydroxyl groups is 1. The molecule has 8 nitrogen and oxygen atoms in total. The van der Waals surface area contributed by atoms with Gasteiger partial charge in [-0.25, -0.2) is 13.6 Å². The molecule has 0 atom stereocenters. The van der Waals surface area contributed by atoms with Crippen LogP contribution in [-0.4, -0.2) is 23.2 Å². The second-order valence-electron chi connectivity index (χ2n) is 7.10. The fraction of sp³-hybridized carbons (Fsp3) is 0.0455. The maximum atomic E-state index is 11.4. The second kappa shape index (κ2) is 9.28. The summed E-state index contributed by atoms with van der Waals surface area (Å²) in [6.45, 7) is 0.415. The minimum absolute atomic E-state index is 0.0181. The summed E-state index contributed by atoms with van der Waals surface area (Å²) in [5, 5.41) is 28.2. The number of hydrogen-bond acceptors (Lipinski definition) is 5. The Morgan fingerprint density at radius 3 is 2.45 bits per heavy atom. The van der Waals surface area contributed by atoms with Gasteiger partial charge in [0.05, 0.1) is 17.0 Å². The van der Waals surface area contributed by atoms with Crippen LogP contribution < -0.4 is 10.5 Å². The van der Waals surface area contributed by atoms with Crippen molar-refractivity contribution < 1.29 is 13.5 Å². The first-order valence-corrected chi connectivity index (χ1v) is 12.0. The van der Waals surface area contributed by atoms with E-state index in [1.807, 2.05) is 30.3 Å². The summed E-state index contributed by atoms with van der Waals surface area (Å²) in [4.78, 5) is -0.0181. The van der Waals surface area contributed by atoms with E-state index in [0.717, 1.165) is 5.56 Å². The lowest BCUT2D eigenvalue weighted by Gasteiger charge is -2.07. The van der Waals surface area contributed by atoms with Gasteiger partial charge >= 0.3 is 0 Å². The number of rotatable bonds is 5. The zero-order valence-corrected chi connectivity index (χ0v) is 19.4. The van der Waals surface area contributed by atoms with E-state index in [1.165, 1.54) is 24.3 Å². The van der Waals surface area contributed by atoms with Crippen molar-refractivity contribution in [3.8, 4) is 5.88 Å². The number of nitrogens with two attached hydrogens (primary N) is 1. The topological polar surface area (TPSA) is 122 Å². The molecule has 0 saturated heterocycles. The molecule has 0 fully saturated rings. The SMILES string of the molecule is NS(=O)(=O)c1ccc(NC(=S)N=Nc2c(O)n(Cc3ccccc3)c3cc(Cl)ccc23)cc1. The standard InChI is InChI=1S/C22H18ClN5O3S2/c23-15-6-11-18-19(12-15)28(13-14-4-2-1-3-5-14)21(29)20(18)26-27-22(32)25-16-7-9-17(10-8-16)33(24,30)31/h1-12,29H,13H2,(H,25,32)(H2,24,30,31). The molecule has 1 aromatic heterocycles. The van der Waals surface area contributed by atoms with Crippen molar-refractivity contribution in [1.82, 2.24) is 4.57 Å². The van der Waals surface area contributed by atoms with Gasteiger partial charge in [-0.15, -0.1) is 10.2 Å². The molecule has 0 unspecified atom stereocenters. The fourth-order valence-electron chi connectivity index (χ4n) is 3.29. The number of aromatic nitrogens is 1. The van der Waals surface area contributed by atoms with Crippen LogP contribution in [0.5, 0.6) is 5.88 Å². The molecule has 11 heteroatoms. The molecule has 0 bridgehead atoms. The summed E-state index contributed by atoms with van der Waals surface area (Å²) in [6.07, 6.45) is 0. The molecule has 0 aliphatic heterocycles. The zero-order chi connectivity index (χ0) is 23.6. The highest BCUT2D eigenvalue weighted by molar-refractivity contribution is 7.89. The number of hydrogen-bond donors (Lipinski definition) is 3. The van der Waals surface area contributed by atoms with Gasteiger partial charge in [-0.1, -0.05) is 41.9 Å². The Kier molecular flexibility index (Phi) is 6.43. The molecule has 0 aliphatic rings. The number of nitrogens with zero attached hydrogens (tertiary/aromatic N) is 3. The molecule has 4 aromatic rings. The molecule has 168 valence electrons. The lowest BCUT2D eigenvalue weighted by Crippen LogP contribution is -2.12. The molecule has 3 aromatic carbocycles. The van der Waals surface area contributed by atoms with Gasteiger partial charge in [0, 0.05) is 16.1 Å². The Bertz CT molecular complexity index is 1470. The van der Waals surface area contributed by atoms with Crippen LogP contribution in [0, 0.1) is 0 Å². The lowest BCUT2D eigenvalue weighted by molar-refractivity contribution is 0.429. The summed E-state index contributed by atoms with van der Waals surface area (Å²) >= 11 is 11.4. The second-order valence-corrected chi connectivity index (χ2v) is 9.49. The van der Waals surface area contributed by atoms with Gasteiger partial charge in [-0.05, 0) is 60.2 Å². The van der Waals surface area contributed by atoms with Crippen molar-refractivity contribution in [2.45, 2.75) is 11.4 Å². The maximum Gasteiger partial charge on any atom is 0.238 e. The van der Waals surface area contributed by atoms with Crippen LogP contribution in [0.3, 0.4) is 0 Å². The first kappa shape index (κ1) is 22.9. The van der Waals surface area contributed by atoms with Gasteiger partial charge < -0.3 is 15.0 Å². The number of fused-ring (bicyclic) bond motifs is 1. The van der Waals surface area contributed by atoms with E-state index >= 15 is 0 Å². The van der Waals surface area contributed by atoms with Gasteiger partial charge in [0.15, 0.2) is 5.69 Å². The number of halogens is 1. The Balaban J connectivity index is 1.61.